The maximum absolute atomic E-state index is 13.1. The van der Waals surface area contributed by atoms with Gasteiger partial charge in [0.25, 0.3) is 0 Å². The summed E-state index contributed by atoms with van der Waals surface area (Å²) in [5, 5.41) is 2.98. The van der Waals surface area contributed by atoms with Crippen molar-refractivity contribution in [1.29, 1.82) is 0 Å². The molecule has 2 N–H and O–H groups in total. The molecular weight excluding hydrogens is 459 g/mol. The van der Waals surface area contributed by atoms with Crippen LogP contribution in [0.5, 0.6) is 11.5 Å². The summed E-state index contributed by atoms with van der Waals surface area (Å²) in [5.41, 5.74) is 0.831. The van der Waals surface area contributed by atoms with E-state index in [4.69, 9.17) is 9.47 Å². The fourth-order valence-electron chi connectivity index (χ4n) is 4.13. The van der Waals surface area contributed by atoms with E-state index in [0.717, 1.165) is 5.56 Å². The molecule has 1 aliphatic rings. The van der Waals surface area contributed by atoms with Crippen molar-refractivity contribution in [1.82, 2.24) is 10.0 Å². The molecule has 1 amide bonds. The van der Waals surface area contributed by atoms with E-state index in [0.29, 0.717) is 50.4 Å². The van der Waals surface area contributed by atoms with Gasteiger partial charge in [-0.1, -0.05) is 12.1 Å². The Labute approximate surface area is 201 Å². The fourth-order valence-corrected chi connectivity index (χ4v) is 5.45. The van der Waals surface area contributed by atoms with E-state index < -0.39 is 10.0 Å². The van der Waals surface area contributed by atoms with Gasteiger partial charge in [-0.2, -0.15) is 0 Å². The van der Waals surface area contributed by atoms with Gasteiger partial charge in [-0.25, -0.2) is 17.5 Å². The molecule has 1 atom stereocenters. The molecule has 0 bridgehead atoms. The monoisotopic (exact) mass is 492 g/mol. The number of carbonyl (C=O) groups excluding carboxylic acids is 1. The van der Waals surface area contributed by atoms with E-state index >= 15 is 0 Å². The van der Waals surface area contributed by atoms with Crippen LogP contribution in [0.15, 0.2) is 47.4 Å². The van der Waals surface area contributed by atoms with Crippen LogP contribution in [-0.2, 0) is 14.8 Å². The molecule has 3 rings (SSSR count). The van der Waals surface area contributed by atoms with Crippen molar-refractivity contribution in [2.75, 3.05) is 13.2 Å². The molecule has 2 aromatic carbocycles. The first-order valence-corrected chi connectivity index (χ1v) is 13.2. The molecule has 7 nitrogen and oxygen atoms in total. The lowest BCUT2D eigenvalue weighted by atomic mass is 9.85. The van der Waals surface area contributed by atoms with Crippen LogP contribution in [0.2, 0.25) is 0 Å². The highest BCUT2D eigenvalue weighted by Gasteiger charge is 2.30. The highest BCUT2D eigenvalue weighted by atomic mass is 32.2. The number of rotatable bonds is 10. The highest BCUT2D eigenvalue weighted by molar-refractivity contribution is 7.89. The lowest BCUT2D eigenvalue weighted by molar-refractivity contribution is -0.126. The molecule has 1 fully saturated rings. The van der Waals surface area contributed by atoms with Gasteiger partial charge < -0.3 is 14.8 Å². The van der Waals surface area contributed by atoms with Crippen molar-refractivity contribution in [2.45, 2.75) is 63.4 Å². The second kappa shape index (κ2) is 11.7. The Balaban J connectivity index is 1.56. The van der Waals surface area contributed by atoms with Gasteiger partial charge in [-0.05, 0) is 76.3 Å². The highest BCUT2D eigenvalue weighted by Crippen LogP contribution is 2.31. The number of hydrogen-bond donors (Lipinski definition) is 2. The zero-order valence-corrected chi connectivity index (χ0v) is 20.7. The Morgan fingerprint density at radius 1 is 1.00 bits per heavy atom. The maximum Gasteiger partial charge on any atom is 0.240 e. The van der Waals surface area contributed by atoms with Crippen LogP contribution in [0.3, 0.4) is 0 Å². The summed E-state index contributed by atoms with van der Waals surface area (Å²) in [6, 6.07) is 10.2. The number of nitrogens with one attached hydrogen (secondary N) is 2. The number of benzene rings is 2. The van der Waals surface area contributed by atoms with Crippen LogP contribution >= 0.6 is 0 Å². The molecule has 0 saturated heterocycles. The summed E-state index contributed by atoms with van der Waals surface area (Å²) in [7, 11) is -3.75. The van der Waals surface area contributed by atoms with Gasteiger partial charge in [0, 0.05) is 18.0 Å². The molecular formula is C25H33FN2O5S. The van der Waals surface area contributed by atoms with Crippen LogP contribution in [-0.4, -0.2) is 33.6 Å². The van der Waals surface area contributed by atoms with Gasteiger partial charge in [0.2, 0.25) is 15.9 Å². The molecule has 186 valence electrons. The SMILES string of the molecule is CCOc1ccc(S(=O)(=O)NC2CCC(C(=O)N[C@H](C)c3ccc(F)cc3)CC2)cc1OCC. The van der Waals surface area contributed by atoms with Crippen molar-refractivity contribution >= 4 is 15.9 Å². The lowest BCUT2D eigenvalue weighted by Gasteiger charge is -2.29. The van der Waals surface area contributed by atoms with Crippen LogP contribution in [0.4, 0.5) is 4.39 Å². The third-order valence-electron chi connectivity index (χ3n) is 5.97. The van der Waals surface area contributed by atoms with Crippen LogP contribution in [0.1, 0.15) is 58.1 Å². The maximum atomic E-state index is 13.1. The second-order valence-electron chi connectivity index (χ2n) is 8.43. The molecule has 0 aliphatic heterocycles. The molecule has 2 aromatic rings. The lowest BCUT2D eigenvalue weighted by Crippen LogP contribution is -2.41. The van der Waals surface area contributed by atoms with Gasteiger partial charge in [-0.15, -0.1) is 0 Å². The fraction of sp³-hybridized carbons (Fsp3) is 0.480. The average molecular weight is 493 g/mol. The van der Waals surface area contributed by atoms with Crippen molar-refractivity contribution in [3.05, 3.63) is 53.8 Å². The largest absolute Gasteiger partial charge is 0.490 e. The van der Waals surface area contributed by atoms with Gasteiger partial charge in [0.15, 0.2) is 11.5 Å². The first kappa shape index (κ1) is 26.0. The summed E-state index contributed by atoms with van der Waals surface area (Å²) in [4.78, 5) is 12.8. The van der Waals surface area contributed by atoms with E-state index in [9.17, 15) is 17.6 Å². The Hall–Kier alpha value is -2.65. The molecule has 0 aromatic heterocycles. The molecule has 0 heterocycles. The first-order chi connectivity index (χ1) is 16.2. The zero-order chi connectivity index (χ0) is 24.7. The predicted octanol–water partition coefficient (Wildman–Crippen LogP) is 4.34. The number of carbonyl (C=O) groups is 1. The zero-order valence-electron chi connectivity index (χ0n) is 19.8. The predicted molar refractivity (Wildman–Crippen MR) is 128 cm³/mol. The summed E-state index contributed by atoms with van der Waals surface area (Å²) >= 11 is 0. The van der Waals surface area contributed by atoms with E-state index in [-0.39, 0.29) is 34.6 Å². The Morgan fingerprint density at radius 2 is 1.62 bits per heavy atom. The molecule has 9 heteroatoms. The third kappa shape index (κ3) is 6.70. The van der Waals surface area contributed by atoms with Crippen LogP contribution in [0, 0.1) is 11.7 Å². The topological polar surface area (TPSA) is 93.7 Å². The van der Waals surface area contributed by atoms with Gasteiger partial charge >= 0.3 is 0 Å². The Morgan fingerprint density at radius 3 is 2.24 bits per heavy atom. The molecule has 1 aliphatic carbocycles. The number of halogens is 1. The number of hydrogen-bond acceptors (Lipinski definition) is 5. The minimum absolute atomic E-state index is 0.0639. The van der Waals surface area contributed by atoms with Crippen LogP contribution in [0.25, 0.3) is 0 Å². The molecule has 0 unspecified atom stereocenters. The van der Waals surface area contributed by atoms with Crippen molar-refractivity contribution in [3.8, 4) is 11.5 Å². The molecule has 0 spiro atoms. The quantitative estimate of drug-likeness (QED) is 0.515. The average Bonchev–Trinajstić information content (AvgIpc) is 2.81. The standard InChI is InChI=1S/C25H33FN2O5S/c1-4-32-23-15-14-22(16-24(23)33-5-2)34(30,31)28-21-12-8-19(9-13-21)25(29)27-17(3)18-6-10-20(26)11-7-18/h6-7,10-11,14-17,19,21,28H,4-5,8-9,12-13H2,1-3H3,(H,27,29)/t17-,19?,21?/m1/s1. The van der Waals surface area contributed by atoms with Gasteiger partial charge in [0.1, 0.15) is 5.82 Å². The minimum atomic E-state index is -3.75. The molecule has 1 saturated carbocycles. The third-order valence-corrected chi connectivity index (χ3v) is 7.49. The Bertz CT molecular complexity index is 1070. The summed E-state index contributed by atoms with van der Waals surface area (Å²) in [6.07, 6.45) is 2.31. The normalized spacial score (nSPS) is 19.3. The number of ether oxygens (including phenoxy) is 2. The van der Waals surface area contributed by atoms with Crippen molar-refractivity contribution in [3.63, 3.8) is 0 Å². The van der Waals surface area contributed by atoms with E-state index in [1.807, 2.05) is 20.8 Å². The van der Waals surface area contributed by atoms with E-state index in [1.165, 1.54) is 24.3 Å². The van der Waals surface area contributed by atoms with E-state index in [2.05, 4.69) is 10.0 Å². The Kier molecular flexibility index (Phi) is 8.90. The summed E-state index contributed by atoms with van der Waals surface area (Å²) in [5.74, 6) is 0.333. The number of amides is 1. The smallest absolute Gasteiger partial charge is 0.240 e. The molecule has 0 radical (unpaired) electrons. The second-order valence-corrected chi connectivity index (χ2v) is 10.1. The van der Waals surface area contributed by atoms with E-state index in [1.54, 1.807) is 18.2 Å². The summed E-state index contributed by atoms with van der Waals surface area (Å²) < 4.78 is 52.9. The van der Waals surface area contributed by atoms with Crippen LogP contribution < -0.4 is 19.5 Å². The van der Waals surface area contributed by atoms with Gasteiger partial charge in [-0.3, -0.25) is 4.79 Å². The number of sulfonamides is 1. The summed E-state index contributed by atoms with van der Waals surface area (Å²) in [6.45, 7) is 6.37. The molecule has 34 heavy (non-hydrogen) atoms. The van der Waals surface area contributed by atoms with Gasteiger partial charge in [0.05, 0.1) is 24.2 Å². The van der Waals surface area contributed by atoms with Crippen molar-refractivity contribution < 1.29 is 27.1 Å². The van der Waals surface area contributed by atoms with Crippen molar-refractivity contribution in [2.24, 2.45) is 5.92 Å². The minimum Gasteiger partial charge on any atom is -0.490 e. The first-order valence-electron chi connectivity index (χ1n) is 11.7.